The molecule has 1 aromatic heterocycles. The first-order chi connectivity index (χ1) is 13.7. The molecular weight excluding hydrogens is 500 g/mol. The van der Waals surface area contributed by atoms with Gasteiger partial charge in [-0.15, -0.1) is 24.0 Å². The standard InChI is InChI=1S/C21H28FN5O2.HI/c1-5-23-20(26-14-18(28)27-21(2,3)4)25-13-15-6-11-19(24-12-15)29-17-9-7-16(22)8-10-17;/h6-12H,5,13-14H2,1-4H3,(H,27,28)(H2,23,25,26);1H. The van der Waals surface area contributed by atoms with Gasteiger partial charge in [0.2, 0.25) is 11.8 Å². The van der Waals surface area contributed by atoms with Crippen molar-refractivity contribution in [3.8, 4) is 11.6 Å². The van der Waals surface area contributed by atoms with Crippen molar-refractivity contribution in [1.82, 2.24) is 20.9 Å². The number of carbonyl (C=O) groups is 1. The molecule has 0 bridgehead atoms. The molecule has 9 heteroatoms. The predicted octanol–water partition coefficient (Wildman–Crippen LogP) is 3.60. The summed E-state index contributed by atoms with van der Waals surface area (Å²) in [5, 5.41) is 9.01. The summed E-state index contributed by atoms with van der Waals surface area (Å²) in [6.45, 7) is 8.94. The lowest BCUT2D eigenvalue weighted by molar-refractivity contribution is -0.121. The highest BCUT2D eigenvalue weighted by molar-refractivity contribution is 14.0. The molecular formula is C21H29FIN5O2. The number of guanidine groups is 1. The number of halogens is 2. The zero-order valence-electron chi connectivity index (χ0n) is 17.7. The number of hydrogen-bond acceptors (Lipinski definition) is 4. The van der Waals surface area contributed by atoms with Crippen LogP contribution in [0.5, 0.6) is 11.6 Å². The SMILES string of the molecule is CCNC(=NCc1ccc(Oc2ccc(F)cc2)nc1)NCC(=O)NC(C)(C)C.I. The summed E-state index contributed by atoms with van der Waals surface area (Å²) < 4.78 is 18.5. The molecule has 2 aromatic rings. The fourth-order valence-electron chi connectivity index (χ4n) is 2.33. The fraction of sp³-hybridized carbons (Fsp3) is 0.381. The highest BCUT2D eigenvalue weighted by Crippen LogP contribution is 2.19. The number of aliphatic imine (C=N–C) groups is 1. The Bertz CT molecular complexity index is 821. The quantitative estimate of drug-likeness (QED) is 0.290. The maximum absolute atomic E-state index is 12.9. The van der Waals surface area contributed by atoms with Crippen molar-refractivity contribution in [2.45, 2.75) is 39.8 Å². The molecule has 0 fully saturated rings. The third-order valence-corrected chi connectivity index (χ3v) is 3.53. The molecule has 0 aliphatic rings. The minimum atomic E-state index is -0.320. The second-order valence-electron chi connectivity index (χ2n) is 7.41. The van der Waals surface area contributed by atoms with Crippen LogP contribution in [0.3, 0.4) is 0 Å². The summed E-state index contributed by atoms with van der Waals surface area (Å²) in [7, 11) is 0. The lowest BCUT2D eigenvalue weighted by Gasteiger charge is -2.21. The van der Waals surface area contributed by atoms with Crippen LogP contribution in [0.2, 0.25) is 0 Å². The summed E-state index contributed by atoms with van der Waals surface area (Å²) in [5.41, 5.74) is 0.602. The molecule has 0 saturated carbocycles. The second kappa shape index (κ2) is 12.3. The van der Waals surface area contributed by atoms with Crippen LogP contribution in [-0.4, -0.2) is 35.5 Å². The molecule has 0 atom stereocenters. The van der Waals surface area contributed by atoms with Crippen molar-refractivity contribution in [3.05, 3.63) is 54.0 Å². The molecule has 30 heavy (non-hydrogen) atoms. The minimum Gasteiger partial charge on any atom is -0.439 e. The Kier molecular flexibility index (Phi) is 10.5. The van der Waals surface area contributed by atoms with Gasteiger partial charge in [-0.3, -0.25) is 4.79 Å². The van der Waals surface area contributed by atoms with Gasteiger partial charge < -0.3 is 20.7 Å². The highest BCUT2D eigenvalue weighted by atomic mass is 127. The number of rotatable bonds is 7. The molecule has 164 valence electrons. The van der Waals surface area contributed by atoms with Gasteiger partial charge in [-0.1, -0.05) is 6.07 Å². The van der Waals surface area contributed by atoms with Crippen LogP contribution in [-0.2, 0) is 11.3 Å². The molecule has 0 spiro atoms. The van der Waals surface area contributed by atoms with E-state index in [0.29, 0.717) is 30.7 Å². The van der Waals surface area contributed by atoms with Crippen molar-refractivity contribution in [3.63, 3.8) is 0 Å². The molecule has 0 saturated heterocycles. The van der Waals surface area contributed by atoms with E-state index in [1.807, 2.05) is 33.8 Å². The van der Waals surface area contributed by atoms with Gasteiger partial charge in [-0.2, -0.15) is 0 Å². The lowest BCUT2D eigenvalue weighted by atomic mass is 10.1. The Labute approximate surface area is 193 Å². The Morgan fingerprint density at radius 3 is 2.40 bits per heavy atom. The molecule has 3 N–H and O–H groups in total. The smallest absolute Gasteiger partial charge is 0.239 e. The molecule has 2 rings (SSSR count). The molecule has 1 heterocycles. The van der Waals surface area contributed by atoms with Crippen molar-refractivity contribution in [1.29, 1.82) is 0 Å². The zero-order chi connectivity index (χ0) is 21.3. The summed E-state index contributed by atoms with van der Waals surface area (Å²) in [5.74, 6) is 1.04. The van der Waals surface area contributed by atoms with Crippen LogP contribution in [0.1, 0.15) is 33.3 Å². The second-order valence-corrected chi connectivity index (χ2v) is 7.41. The number of ether oxygens (including phenoxy) is 1. The third kappa shape index (κ3) is 9.86. The van der Waals surface area contributed by atoms with Gasteiger partial charge in [-0.25, -0.2) is 14.4 Å². The van der Waals surface area contributed by atoms with E-state index in [1.165, 1.54) is 12.1 Å². The predicted molar refractivity (Wildman–Crippen MR) is 127 cm³/mol. The number of nitrogens with zero attached hydrogens (tertiary/aromatic N) is 2. The number of carbonyl (C=O) groups excluding carboxylic acids is 1. The number of hydrogen-bond donors (Lipinski definition) is 3. The van der Waals surface area contributed by atoms with Crippen molar-refractivity contribution in [2.75, 3.05) is 13.1 Å². The molecule has 1 amide bonds. The van der Waals surface area contributed by atoms with E-state index in [2.05, 4.69) is 25.9 Å². The first-order valence-electron chi connectivity index (χ1n) is 9.47. The fourth-order valence-corrected chi connectivity index (χ4v) is 2.33. The molecule has 7 nitrogen and oxygen atoms in total. The Morgan fingerprint density at radius 1 is 1.13 bits per heavy atom. The number of pyridine rings is 1. The Hall–Kier alpha value is -2.43. The molecule has 0 aliphatic heterocycles. The van der Waals surface area contributed by atoms with E-state index in [-0.39, 0.29) is 47.8 Å². The monoisotopic (exact) mass is 529 g/mol. The van der Waals surface area contributed by atoms with Gasteiger partial charge >= 0.3 is 0 Å². The largest absolute Gasteiger partial charge is 0.439 e. The average molecular weight is 529 g/mol. The van der Waals surface area contributed by atoms with Gasteiger partial charge in [0.15, 0.2) is 5.96 Å². The van der Waals surface area contributed by atoms with Crippen molar-refractivity contribution in [2.24, 2.45) is 4.99 Å². The summed E-state index contributed by atoms with van der Waals surface area (Å²) in [6, 6.07) is 9.32. The first kappa shape index (κ1) is 25.6. The maximum atomic E-state index is 12.9. The van der Waals surface area contributed by atoms with Gasteiger partial charge in [0.05, 0.1) is 13.1 Å². The minimum absolute atomic E-state index is 0. The van der Waals surface area contributed by atoms with E-state index in [0.717, 1.165) is 5.56 Å². The normalized spacial score (nSPS) is 11.3. The number of benzene rings is 1. The molecule has 0 radical (unpaired) electrons. The van der Waals surface area contributed by atoms with E-state index in [1.54, 1.807) is 24.4 Å². The van der Waals surface area contributed by atoms with Crippen LogP contribution in [0.25, 0.3) is 0 Å². The highest BCUT2D eigenvalue weighted by Gasteiger charge is 2.13. The summed E-state index contributed by atoms with van der Waals surface area (Å²) in [4.78, 5) is 20.7. The average Bonchev–Trinajstić information content (AvgIpc) is 2.65. The van der Waals surface area contributed by atoms with Crippen LogP contribution >= 0.6 is 24.0 Å². The number of aromatic nitrogens is 1. The van der Waals surface area contributed by atoms with Crippen molar-refractivity contribution < 1.29 is 13.9 Å². The topological polar surface area (TPSA) is 87.6 Å². The summed E-state index contributed by atoms with van der Waals surface area (Å²) in [6.07, 6.45) is 1.66. The first-order valence-corrected chi connectivity index (χ1v) is 9.47. The maximum Gasteiger partial charge on any atom is 0.239 e. The van der Waals surface area contributed by atoms with E-state index < -0.39 is 0 Å². The summed E-state index contributed by atoms with van der Waals surface area (Å²) >= 11 is 0. The molecule has 1 aromatic carbocycles. The van der Waals surface area contributed by atoms with Gasteiger partial charge in [0, 0.05) is 24.3 Å². The zero-order valence-corrected chi connectivity index (χ0v) is 20.0. The Morgan fingerprint density at radius 2 is 1.83 bits per heavy atom. The molecule has 0 aliphatic carbocycles. The van der Waals surface area contributed by atoms with Crippen LogP contribution in [0, 0.1) is 5.82 Å². The van der Waals surface area contributed by atoms with Crippen LogP contribution in [0.4, 0.5) is 4.39 Å². The van der Waals surface area contributed by atoms with Crippen LogP contribution in [0.15, 0.2) is 47.6 Å². The van der Waals surface area contributed by atoms with Gasteiger partial charge in [0.1, 0.15) is 11.6 Å². The number of nitrogens with one attached hydrogen (secondary N) is 3. The number of amides is 1. The third-order valence-electron chi connectivity index (χ3n) is 3.53. The van der Waals surface area contributed by atoms with Crippen molar-refractivity contribution >= 4 is 35.8 Å². The van der Waals surface area contributed by atoms with E-state index in [9.17, 15) is 9.18 Å². The van der Waals surface area contributed by atoms with Crippen LogP contribution < -0.4 is 20.7 Å². The molecule has 0 unspecified atom stereocenters. The van der Waals surface area contributed by atoms with Gasteiger partial charge in [0.25, 0.3) is 0 Å². The van der Waals surface area contributed by atoms with E-state index in [4.69, 9.17) is 4.74 Å². The lowest BCUT2D eigenvalue weighted by Crippen LogP contribution is -2.48. The van der Waals surface area contributed by atoms with E-state index >= 15 is 0 Å². The van der Waals surface area contributed by atoms with Gasteiger partial charge in [-0.05, 0) is 57.5 Å². The Balaban J connectivity index is 0.00000450.